The Labute approximate surface area is 102 Å². The summed E-state index contributed by atoms with van der Waals surface area (Å²) in [6.07, 6.45) is 3.10. The Morgan fingerprint density at radius 2 is 2.12 bits per heavy atom. The molecule has 2 atom stereocenters. The van der Waals surface area contributed by atoms with Gasteiger partial charge in [0.15, 0.2) is 0 Å². The lowest BCUT2D eigenvalue weighted by molar-refractivity contribution is 0.0673. The van der Waals surface area contributed by atoms with Crippen LogP contribution in [0.1, 0.15) is 43.5 Å². The van der Waals surface area contributed by atoms with Gasteiger partial charge in [-0.2, -0.15) is 0 Å². The molecule has 0 bridgehead atoms. The quantitative estimate of drug-likeness (QED) is 0.853. The number of carbonyl (C=O) groups excluding carboxylic acids is 1. The zero-order chi connectivity index (χ0) is 12.4. The molecular weight excluding hydrogens is 214 g/mol. The molecule has 1 aromatic carbocycles. The first-order chi connectivity index (χ1) is 8.15. The molecule has 2 rings (SSSR count). The van der Waals surface area contributed by atoms with Gasteiger partial charge in [-0.15, -0.1) is 0 Å². The lowest BCUT2D eigenvalue weighted by atomic mass is 10.1. The molecular formula is C14H19NO2. The van der Waals surface area contributed by atoms with E-state index < -0.39 is 0 Å². The predicted molar refractivity (Wildman–Crippen MR) is 67.1 cm³/mol. The van der Waals surface area contributed by atoms with Crippen LogP contribution in [-0.2, 0) is 0 Å². The van der Waals surface area contributed by atoms with E-state index in [-0.39, 0.29) is 17.7 Å². The minimum absolute atomic E-state index is 0.0417. The number of hydrogen-bond acceptors (Lipinski definition) is 2. The second-order valence-corrected chi connectivity index (χ2v) is 4.72. The van der Waals surface area contributed by atoms with Crippen molar-refractivity contribution in [3.05, 3.63) is 29.8 Å². The zero-order valence-electron chi connectivity index (χ0n) is 10.4. The number of phenols is 1. The Kier molecular flexibility index (Phi) is 3.36. The standard InChI is InChI=1S/C14H19NO2/c1-3-11-9-8-10(2)15(11)14(17)12-6-4-5-7-13(12)16/h4-7,10-11,16H,3,8-9H2,1-2H3. The van der Waals surface area contributed by atoms with Crippen LogP contribution in [0.4, 0.5) is 0 Å². The van der Waals surface area contributed by atoms with Crippen molar-refractivity contribution in [1.29, 1.82) is 0 Å². The summed E-state index contributed by atoms with van der Waals surface area (Å²) in [4.78, 5) is 14.3. The molecule has 1 N–H and O–H groups in total. The van der Waals surface area contributed by atoms with Crippen LogP contribution in [-0.4, -0.2) is 28.0 Å². The monoisotopic (exact) mass is 233 g/mol. The van der Waals surface area contributed by atoms with Crippen LogP contribution in [0.2, 0.25) is 0 Å². The van der Waals surface area contributed by atoms with Crippen molar-refractivity contribution in [3.63, 3.8) is 0 Å². The molecule has 1 saturated heterocycles. The Morgan fingerprint density at radius 1 is 1.41 bits per heavy atom. The van der Waals surface area contributed by atoms with Gasteiger partial charge in [-0.25, -0.2) is 0 Å². The Morgan fingerprint density at radius 3 is 2.76 bits per heavy atom. The number of nitrogens with zero attached hydrogens (tertiary/aromatic N) is 1. The third-order valence-electron chi connectivity index (χ3n) is 3.63. The van der Waals surface area contributed by atoms with Crippen LogP contribution in [0.3, 0.4) is 0 Å². The molecule has 1 aliphatic heterocycles. The molecule has 3 nitrogen and oxygen atoms in total. The second kappa shape index (κ2) is 4.78. The lowest BCUT2D eigenvalue weighted by Crippen LogP contribution is -2.39. The van der Waals surface area contributed by atoms with E-state index in [0.29, 0.717) is 11.6 Å². The summed E-state index contributed by atoms with van der Waals surface area (Å²) in [6, 6.07) is 7.36. The van der Waals surface area contributed by atoms with E-state index >= 15 is 0 Å². The molecule has 1 heterocycles. The van der Waals surface area contributed by atoms with Crippen LogP contribution < -0.4 is 0 Å². The molecule has 17 heavy (non-hydrogen) atoms. The molecule has 0 saturated carbocycles. The third-order valence-corrected chi connectivity index (χ3v) is 3.63. The first-order valence-electron chi connectivity index (χ1n) is 6.25. The van der Waals surface area contributed by atoms with Crippen LogP contribution in [0.15, 0.2) is 24.3 Å². The van der Waals surface area contributed by atoms with Gasteiger partial charge < -0.3 is 10.0 Å². The highest BCUT2D eigenvalue weighted by molar-refractivity contribution is 5.97. The minimum atomic E-state index is -0.0417. The van der Waals surface area contributed by atoms with Crippen molar-refractivity contribution in [3.8, 4) is 5.75 Å². The van der Waals surface area contributed by atoms with Crippen molar-refractivity contribution < 1.29 is 9.90 Å². The van der Waals surface area contributed by atoms with Gasteiger partial charge in [-0.05, 0) is 38.3 Å². The molecule has 1 aromatic rings. The average Bonchev–Trinajstić information content (AvgIpc) is 2.70. The van der Waals surface area contributed by atoms with Gasteiger partial charge in [-0.1, -0.05) is 19.1 Å². The molecule has 1 fully saturated rings. The fourth-order valence-corrected chi connectivity index (χ4v) is 2.63. The van der Waals surface area contributed by atoms with Crippen molar-refractivity contribution >= 4 is 5.91 Å². The summed E-state index contributed by atoms with van der Waals surface area (Å²) >= 11 is 0. The van der Waals surface area contributed by atoms with E-state index in [2.05, 4.69) is 13.8 Å². The van der Waals surface area contributed by atoms with Crippen molar-refractivity contribution in [1.82, 2.24) is 4.90 Å². The molecule has 1 aliphatic rings. The number of amides is 1. The largest absolute Gasteiger partial charge is 0.507 e. The fourth-order valence-electron chi connectivity index (χ4n) is 2.63. The van der Waals surface area contributed by atoms with Gasteiger partial charge in [0.1, 0.15) is 5.75 Å². The van der Waals surface area contributed by atoms with Crippen LogP contribution >= 0.6 is 0 Å². The van der Waals surface area contributed by atoms with Gasteiger partial charge >= 0.3 is 0 Å². The van der Waals surface area contributed by atoms with Gasteiger partial charge in [-0.3, -0.25) is 4.79 Å². The summed E-state index contributed by atoms with van der Waals surface area (Å²) < 4.78 is 0. The van der Waals surface area contributed by atoms with Gasteiger partial charge in [0.2, 0.25) is 0 Å². The number of likely N-dealkylation sites (tertiary alicyclic amines) is 1. The number of benzene rings is 1. The first kappa shape index (κ1) is 12.0. The molecule has 0 radical (unpaired) electrons. The number of carbonyl (C=O) groups is 1. The molecule has 1 amide bonds. The minimum Gasteiger partial charge on any atom is -0.507 e. The average molecular weight is 233 g/mol. The number of hydrogen-bond donors (Lipinski definition) is 1. The van der Waals surface area contributed by atoms with Crippen LogP contribution in [0.25, 0.3) is 0 Å². The Balaban J connectivity index is 2.28. The van der Waals surface area contributed by atoms with Crippen LogP contribution in [0.5, 0.6) is 5.75 Å². The van der Waals surface area contributed by atoms with E-state index in [0.717, 1.165) is 19.3 Å². The summed E-state index contributed by atoms with van der Waals surface area (Å²) in [7, 11) is 0. The Bertz CT molecular complexity index is 416. The number of phenolic OH excluding ortho intramolecular Hbond substituents is 1. The number of aromatic hydroxyl groups is 1. The number of rotatable bonds is 2. The third kappa shape index (κ3) is 2.14. The second-order valence-electron chi connectivity index (χ2n) is 4.72. The maximum atomic E-state index is 12.4. The number of para-hydroxylation sites is 1. The maximum Gasteiger partial charge on any atom is 0.258 e. The first-order valence-corrected chi connectivity index (χ1v) is 6.25. The molecule has 0 aromatic heterocycles. The molecule has 0 spiro atoms. The summed E-state index contributed by atoms with van der Waals surface area (Å²) in [5.74, 6) is 0.0337. The Hall–Kier alpha value is -1.51. The van der Waals surface area contributed by atoms with Gasteiger partial charge in [0, 0.05) is 12.1 Å². The molecule has 0 aliphatic carbocycles. The van der Waals surface area contributed by atoms with Gasteiger partial charge in [0.05, 0.1) is 5.56 Å². The van der Waals surface area contributed by atoms with E-state index in [9.17, 15) is 9.90 Å². The highest BCUT2D eigenvalue weighted by atomic mass is 16.3. The van der Waals surface area contributed by atoms with Crippen LogP contribution in [0, 0.1) is 0 Å². The summed E-state index contributed by atoms with van der Waals surface area (Å²) in [5, 5.41) is 9.74. The lowest BCUT2D eigenvalue weighted by Gasteiger charge is -2.28. The predicted octanol–water partition coefficient (Wildman–Crippen LogP) is 2.80. The van der Waals surface area contributed by atoms with E-state index in [1.54, 1.807) is 24.3 Å². The maximum absolute atomic E-state index is 12.4. The summed E-state index contributed by atoms with van der Waals surface area (Å²) in [5.41, 5.74) is 0.416. The van der Waals surface area contributed by atoms with Gasteiger partial charge in [0.25, 0.3) is 5.91 Å². The van der Waals surface area contributed by atoms with Crippen molar-refractivity contribution in [2.75, 3.05) is 0 Å². The summed E-state index contributed by atoms with van der Waals surface area (Å²) in [6.45, 7) is 4.18. The topological polar surface area (TPSA) is 40.5 Å². The highest BCUT2D eigenvalue weighted by Gasteiger charge is 2.34. The molecule has 2 unspecified atom stereocenters. The smallest absolute Gasteiger partial charge is 0.258 e. The van der Waals surface area contributed by atoms with E-state index in [1.165, 1.54) is 0 Å². The van der Waals surface area contributed by atoms with Crippen molar-refractivity contribution in [2.45, 2.75) is 45.2 Å². The fraction of sp³-hybridized carbons (Fsp3) is 0.500. The highest BCUT2D eigenvalue weighted by Crippen LogP contribution is 2.29. The van der Waals surface area contributed by atoms with E-state index in [1.807, 2.05) is 4.90 Å². The van der Waals surface area contributed by atoms with E-state index in [4.69, 9.17) is 0 Å². The molecule has 92 valence electrons. The SMILES string of the molecule is CCC1CCC(C)N1C(=O)c1ccccc1O. The normalized spacial score (nSPS) is 24.0. The molecule has 3 heteroatoms. The zero-order valence-corrected chi connectivity index (χ0v) is 10.4. The van der Waals surface area contributed by atoms with Crippen molar-refractivity contribution in [2.24, 2.45) is 0 Å².